The summed E-state index contributed by atoms with van der Waals surface area (Å²) in [6.07, 6.45) is 0. The van der Waals surface area contributed by atoms with Crippen molar-refractivity contribution in [2.45, 2.75) is 0 Å². The summed E-state index contributed by atoms with van der Waals surface area (Å²) in [5.74, 6) is 0. The maximum atomic E-state index is 5.35. The van der Waals surface area contributed by atoms with Crippen LogP contribution in [0.5, 0.6) is 0 Å². The third-order valence-corrected chi connectivity index (χ3v) is 12.2. The highest BCUT2D eigenvalue weighted by Gasteiger charge is 2.20. The van der Waals surface area contributed by atoms with E-state index < -0.39 is 0 Å². The van der Waals surface area contributed by atoms with E-state index in [1.165, 1.54) is 92.5 Å². The first kappa shape index (κ1) is 32.6. The smallest absolute Gasteiger partial charge is 0.0788 e. The summed E-state index contributed by atoms with van der Waals surface area (Å²) in [4.78, 5) is 5.35. The van der Waals surface area contributed by atoms with Gasteiger partial charge in [-0.1, -0.05) is 194 Å². The first-order valence-corrected chi connectivity index (χ1v) is 20.0. The minimum absolute atomic E-state index is 1.00. The van der Waals surface area contributed by atoms with Crippen LogP contribution >= 0.6 is 0 Å². The molecule has 1 heteroatoms. The van der Waals surface area contributed by atoms with E-state index in [0.717, 1.165) is 27.7 Å². The Morgan fingerprint density at radius 3 is 1.41 bits per heavy atom. The minimum atomic E-state index is 1.00. The van der Waals surface area contributed by atoms with Crippen LogP contribution in [-0.4, -0.2) is 4.98 Å². The molecule has 58 heavy (non-hydrogen) atoms. The standard InChI is InChI=1S/C57H35N/c1-4-21-42-36(14-1)17-12-27-45(42)55-47-24-7-8-25-48(47)56(46-28-13-18-37-15-2-5-22-43(37)46)52-35-40(31-32-49(52)55)39-19-11-20-41(34-39)57-51-33-30-38-16-3-6-23-44(38)54(51)50-26-9-10-29-53(50)58-57/h1-35H. The predicted octanol–water partition coefficient (Wildman–Crippen LogP) is 15.8. The molecular formula is C57H35N. The summed E-state index contributed by atoms with van der Waals surface area (Å²) in [6, 6.07) is 77.8. The summed E-state index contributed by atoms with van der Waals surface area (Å²) in [5, 5.41) is 16.1. The molecule has 12 rings (SSSR count). The predicted molar refractivity (Wildman–Crippen MR) is 249 cm³/mol. The zero-order valence-corrected chi connectivity index (χ0v) is 31.7. The van der Waals surface area contributed by atoms with Crippen molar-refractivity contribution in [3.63, 3.8) is 0 Å². The number of para-hydroxylation sites is 1. The Morgan fingerprint density at radius 2 is 0.724 bits per heavy atom. The molecule has 1 heterocycles. The summed E-state index contributed by atoms with van der Waals surface area (Å²) in [7, 11) is 0. The van der Waals surface area contributed by atoms with Gasteiger partial charge in [0.2, 0.25) is 0 Å². The van der Waals surface area contributed by atoms with E-state index in [-0.39, 0.29) is 0 Å². The molecule has 12 aromatic rings. The van der Waals surface area contributed by atoms with Gasteiger partial charge in [0, 0.05) is 21.7 Å². The molecule has 0 radical (unpaired) electrons. The monoisotopic (exact) mass is 733 g/mol. The second kappa shape index (κ2) is 13.0. The van der Waals surface area contributed by atoms with Gasteiger partial charge in [0.25, 0.3) is 0 Å². The van der Waals surface area contributed by atoms with E-state index in [1.807, 2.05) is 0 Å². The number of nitrogens with zero attached hydrogens (tertiary/aromatic N) is 1. The molecule has 0 saturated carbocycles. The quantitative estimate of drug-likeness (QED) is 0.130. The summed E-state index contributed by atoms with van der Waals surface area (Å²) < 4.78 is 0. The Labute approximate surface area is 336 Å². The zero-order chi connectivity index (χ0) is 38.2. The SMILES string of the molecule is c1cc(-c2ccc3c(-c4cccc5ccccc45)c4ccccc4c(-c4cccc5ccccc45)c3c2)cc(-c2nc3ccccc3c3c2ccc2ccccc23)c1. The number of benzene rings is 11. The van der Waals surface area contributed by atoms with Crippen LogP contribution in [0, 0.1) is 0 Å². The van der Waals surface area contributed by atoms with Crippen LogP contribution in [0.4, 0.5) is 0 Å². The Bertz CT molecular complexity index is 3610. The van der Waals surface area contributed by atoms with Gasteiger partial charge < -0.3 is 0 Å². The molecule has 0 aliphatic heterocycles. The first-order valence-electron chi connectivity index (χ1n) is 20.0. The molecule has 268 valence electrons. The molecule has 0 saturated heterocycles. The number of hydrogen-bond acceptors (Lipinski definition) is 1. The molecule has 0 unspecified atom stereocenters. The van der Waals surface area contributed by atoms with Crippen molar-refractivity contribution in [3.8, 4) is 44.6 Å². The number of pyridine rings is 1. The number of aromatic nitrogens is 1. The second-order valence-corrected chi connectivity index (χ2v) is 15.4. The normalized spacial score (nSPS) is 11.8. The van der Waals surface area contributed by atoms with Crippen molar-refractivity contribution in [3.05, 3.63) is 212 Å². The number of hydrogen-bond donors (Lipinski definition) is 0. The molecule has 1 nitrogen and oxygen atoms in total. The summed E-state index contributed by atoms with van der Waals surface area (Å²) in [5.41, 5.74) is 10.5. The molecule has 0 bridgehead atoms. The topological polar surface area (TPSA) is 12.9 Å². The Morgan fingerprint density at radius 1 is 0.259 bits per heavy atom. The van der Waals surface area contributed by atoms with Gasteiger partial charge in [0.1, 0.15) is 0 Å². The minimum Gasteiger partial charge on any atom is -0.247 e. The lowest BCUT2D eigenvalue weighted by Crippen LogP contribution is -1.93. The van der Waals surface area contributed by atoms with Crippen LogP contribution in [0.2, 0.25) is 0 Å². The van der Waals surface area contributed by atoms with Crippen LogP contribution in [0.1, 0.15) is 0 Å². The molecule has 0 amide bonds. The summed E-state index contributed by atoms with van der Waals surface area (Å²) >= 11 is 0. The molecule has 0 atom stereocenters. The van der Waals surface area contributed by atoms with Gasteiger partial charge in [0.15, 0.2) is 0 Å². The van der Waals surface area contributed by atoms with Gasteiger partial charge in [-0.25, -0.2) is 4.98 Å². The third kappa shape index (κ3) is 5.00. The van der Waals surface area contributed by atoms with Crippen molar-refractivity contribution < 1.29 is 0 Å². The van der Waals surface area contributed by atoms with Crippen LogP contribution in [0.15, 0.2) is 212 Å². The molecule has 0 N–H and O–H groups in total. The van der Waals surface area contributed by atoms with Crippen molar-refractivity contribution in [2.75, 3.05) is 0 Å². The van der Waals surface area contributed by atoms with Crippen LogP contribution < -0.4 is 0 Å². The van der Waals surface area contributed by atoms with Gasteiger partial charge in [0.05, 0.1) is 11.2 Å². The molecule has 0 fully saturated rings. The van der Waals surface area contributed by atoms with Crippen molar-refractivity contribution in [2.24, 2.45) is 0 Å². The average Bonchev–Trinajstić information content (AvgIpc) is 3.30. The lowest BCUT2D eigenvalue weighted by molar-refractivity contribution is 1.43. The largest absolute Gasteiger partial charge is 0.247 e. The fraction of sp³-hybridized carbons (Fsp3) is 0. The Balaban J connectivity index is 1.15. The Hall–Kier alpha value is -7.61. The van der Waals surface area contributed by atoms with Crippen molar-refractivity contribution >= 4 is 75.5 Å². The average molecular weight is 734 g/mol. The van der Waals surface area contributed by atoms with E-state index in [9.17, 15) is 0 Å². The van der Waals surface area contributed by atoms with Crippen molar-refractivity contribution in [1.29, 1.82) is 0 Å². The third-order valence-electron chi connectivity index (χ3n) is 12.2. The van der Waals surface area contributed by atoms with E-state index in [1.54, 1.807) is 0 Å². The number of rotatable bonds is 4. The van der Waals surface area contributed by atoms with E-state index in [2.05, 4.69) is 212 Å². The molecular weight excluding hydrogens is 699 g/mol. The lowest BCUT2D eigenvalue weighted by Gasteiger charge is -2.20. The molecule has 1 aromatic heterocycles. The fourth-order valence-electron chi connectivity index (χ4n) is 9.61. The van der Waals surface area contributed by atoms with Gasteiger partial charge in [-0.15, -0.1) is 0 Å². The van der Waals surface area contributed by atoms with Crippen LogP contribution in [0.3, 0.4) is 0 Å². The van der Waals surface area contributed by atoms with Crippen LogP contribution in [-0.2, 0) is 0 Å². The second-order valence-electron chi connectivity index (χ2n) is 15.4. The number of fused-ring (bicyclic) bond motifs is 9. The van der Waals surface area contributed by atoms with Crippen LogP contribution in [0.25, 0.3) is 120 Å². The highest BCUT2D eigenvalue weighted by Crippen LogP contribution is 2.48. The van der Waals surface area contributed by atoms with Gasteiger partial charge >= 0.3 is 0 Å². The van der Waals surface area contributed by atoms with Crippen molar-refractivity contribution in [1.82, 2.24) is 4.98 Å². The maximum absolute atomic E-state index is 5.35. The highest BCUT2D eigenvalue weighted by atomic mass is 14.7. The van der Waals surface area contributed by atoms with Gasteiger partial charge in [-0.3, -0.25) is 0 Å². The van der Waals surface area contributed by atoms with E-state index in [4.69, 9.17) is 4.98 Å². The summed E-state index contributed by atoms with van der Waals surface area (Å²) in [6.45, 7) is 0. The first-order chi connectivity index (χ1) is 28.8. The molecule has 0 spiro atoms. The van der Waals surface area contributed by atoms with E-state index in [0.29, 0.717) is 0 Å². The molecule has 0 aliphatic carbocycles. The maximum Gasteiger partial charge on any atom is 0.0788 e. The van der Waals surface area contributed by atoms with Gasteiger partial charge in [-0.05, 0) is 105 Å². The molecule has 0 aliphatic rings. The van der Waals surface area contributed by atoms with E-state index >= 15 is 0 Å². The fourth-order valence-corrected chi connectivity index (χ4v) is 9.61. The zero-order valence-electron chi connectivity index (χ0n) is 31.7. The Kier molecular flexibility index (Phi) is 7.30. The van der Waals surface area contributed by atoms with Gasteiger partial charge in [-0.2, -0.15) is 0 Å². The highest BCUT2D eigenvalue weighted by molar-refractivity contribution is 6.26. The lowest BCUT2D eigenvalue weighted by atomic mass is 9.83. The molecule has 11 aromatic carbocycles.